The predicted octanol–water partition coefficient (Wildman–Crippen LogP) is 3.56. The molecule has 0 radical (unpaired) electrons. The van der Waals surface area contributed by atoms with Crippen molar-refractivity contribution in [2.24, 2.45) is 5.73 Å². The highest BCUT2D eigenvalue weighted by molar-refractivity contribution is 8.00. The van der Waals surface area contributed by atoms with Gasteiger partial charge in [0.15, 0.2) is 0 Å². The summed E-state index contributed by atoms with van der Waals surface area (Å²) in [6.45, 7) is -0.446. The van der Waals surface area contributed by atoms with Crippen LogP contribution in [0.1, 0.15) is 31.2 Å². The zero-order chi connectivity index (χ0) is 12.1. The van der Waals surface area contributed by atoms with Crippen molar-refractivity contribution in [3.63, 3.8) is 0 Å². The van der Waals surface area contributed by atoms with Gasteiger partial charge in [0.25, 0.3) is 0 Å². The van der Waals surface area contributed by atoms with E-state index in [2.05, 4.69) is 24.3 Å². The maximum atomic E-state index is 12.3. The van der Waals surface area contributed by atoms with E-state index >= 15 is 0 Å². The van der Waals surface area contributed by atoms with Crippen LogP contribution in [0.2, 0.25) is 0 Å². The maximum Gasteiger partial charge on any atom is 0.105 e. The number of thioether (sulfide) groups is 1. The summed E-state index contributed by atoms with van der Waals surface area (Å²) >= 11 is 1.98. The minimum atomic E-state index is -0.446. The Labute approximate surface area is 107 Å². The van der Waals surface area contributed by atoms with Gasteiger partial charge in [-0.2, -0.15) is 0 Å². The molecule has 3 heteroatoms. The molecule has 2 N–H and O–H groups in total. The van der Waals surface area contributed by atoms with E-state index in [-0.39, 0.29) is 6.04 Å². The summed E-state index contributed by atoms with van der Waals surface area (Å²) in [5.41, 5.74) is 6.73. The lowest BCUT2D eigenvalue weighted by atomic mass is 10.1. The van der Waals surface area contributed by atoms with Crippen molar-refractivity contribution in [1.29, 1.82) is 0 Å². The van der Waals surface area contributed by atoms with Crippen LogP contribution in [0.3, 0.4) is 0 Å². The number of nitrogens with two attached hydrogens (primary N) is 1. The van der Waals surface area contributed by atoms with Crippen LogP contribution in [0.25, 0.3) is 0 Å². The highest BCUT2D eigenvalue weighted by Crippen LogP contribution is 2.34. The minimum absolute atomic E-state index is 0.358. The largest absolute Gasteiger partial charge is 0.325 e. The molecule has 1 saturated carbocycles. The summed E-state index contributed by atoms with van der Waals surface area (Å²) in [6.07, 6.45) is 6.07. The molecule has 0 aliphatic heterocycles. The summed E-state index contributed by atoms with van der Waals surface area (Å²) < 4.78 is 12.3. The third-order valence-electron chi connectivity index (χ3n) is 3.22. The van der Waals surface area contributed by atoms with Crippen LogP contribution in [0.4, 0.5) is 4.39 Å². The van der Waals surface area contributed by atoms with Crippen molar-refractivity contribution in [1.82, 2.24) is 0 Å². The van der Waals surface area contributed by atoms with Crippen molar-refractivity contribution in [3.8, 4) is 0 Å². The monoisotopic (exact) mass is 253 g/mol. The molecule has 1 unspecified atom stereocenters. The number of halogens is 1. The topological polar surface area (TPSA) is 26.0 Å². The molecule has 0 heterocycles. The van der Waals surface area contributed by atoms with Crippen molar-refractivity contribution < 1.29 is 4.39 Å². The number of hydrogen-bond donors (Lipinski definition) is 1. The number of benzene rings is 1. The summed E-state index contributed by atoms with van der Waals surface area (Å²) in [7, 11) is 0. The normalized spacial score (nSPS) is 18.5. The van der Waals surface area contributed by atoms with Gasteiger partial charge >= 0.3 is 0 Å². The Kier molecular flexibility index (Phi) is 4.86. The van der Waals surface area contributed by atoms with Gasteiger partial charge in [-0.05, 0) is 37.0 Å². The van der Waals surface area contributed by atoms with Gasteiger partial charge in [0.1, 0.15) is 6.67 Å². The number of alkyl halides is 1. The number of hydrogen-bond acceptors (Lipinski definition) is 2. The van der Waals surface area contributed by atoms with Crippen LogP contribution in [0.5, 0.6) is 0 Å². The van der Waals surface area contributed by atoms with Gasteiger partial charge in [0.05, 0.1) is 0 Å². The van der Waals surface area contributed by atoms with E-state index in [1.54, 1.807) is 0 Å². The summed E-state index contributed by atoms with van der Waals surface area (Å²) in [5, 5.41) is 0.800. The summed E-state index contributed by atoms with van der Waals surface area (Å²) in [5.74, 6) is 0. The second-order valence-electron chi connectivity index (χ2n) is 4.79. The molecule has 1 fully saturated rings. The van der Waals surface area contributed by atoms with E-state index in [0.717, 1.165) is 10.8 Å². The highest BCUT2D eigenvalue weighted by Gasteiger charge is 2.15. The van der Waals surface area contributed by atoms with Gasteiger partial charge in [0, 0.05) is 16.2 Å². The molecule has 0 spiro atoms. The third kappa shape index (κ3) is 4.00. The fourth-order valence-corrected chi connectivity index (χ4v) is 3.51. The molecule has 1 atom stereocenters. The van der Waals surface area contributed by atoms with E-state index in [4.69, 9.17) is 5.73 Å². The predicted molar refractivity (Wildman–Crippen MR) is 72.2 cm³/mol. The lowest BCUT2D eigenvalue weighted by Gasteiger charge is -2.10. The van der Waals surface area contributed by atoms with Crippen molar-refractivity contribution in [2.75, 3.05) is 6.67 Å². The first kappa shape index (κ1) is 12.9. The van der Waals surface area contributed by atoms with Gasteiger partial charge in [0.2, 0.25) is 0 Å². The third-order valence-corrected chi connectivity index (χ3v) is 4.57. The smallest absolute Gasteiger partial charge is 0.105 e. The summed E-state index contributed by atoms with van der Waals surface area (Å²) in [6, 6.07) is 8.08. The molecule has 0 aromatic heterocycles. The molecule has 2 rings (SSSR count). The van der Waals surface area contributed by atoms with Gasteiger partial charge in [-0.1, -0.05) is 25.0 Å². The Morgan fingerprint density at radius 3 is 2.47 bits per heavy atom. The van der Waals surface area contributed by atoms with E-state index in [0.29, 0.717) is 6.42 Å². The molecular weight excluding hydrogens is 233 g/mol. The molecule has 94 valence electrons. The lowest BCUT2D eigenvalue weighted by Crippen LogP contribution is -2.24. The SMILES string of the molecule is NC(CF)Cc1ccc(SC2CCCC2)cc1. The Bertz CT molecular complexity index is 333. The second-order valence-corrected chi connectivity index (χ2v) is 6.16. The Hall–Kier alpha value is -0.540. The lowest BCUT2D eigenvalue weighted by molar-refractivity contribution is 0.427. The van der Waals surface area contributed by atoms with Gasteiger partial charge < -0.3 is 5.73 Å². The molecule has 1 nitrogen and oxygen atoms in total. The van der Waals surface area contributed by atoms with E-state index in [1.165, 1.54) is 30.6 Å². The molecule has 1 aromatic carbocycles. The maximum absolute atomic E-state index is 12.3. The molecule has 0 bridgehead atoms. The van der Waals surface area contributed by atoms with Crippen molar-refractivity contribution >= 4 is 11.8 Å². The standard InChI is InChI=1S/C14H20FNS/c15-10-12(16)9-11-5-7-14(8-6-11)17-13-3-1-2-4-13/h5-8,12-13H,1-4,9-10,16H2. The van der Waals surface area contributed by atoms with Crippen LogP contribution < -0.4 is 5.73 Å². The second kappa shape index (κ2) is 6.41. The van der Waals surface area contributed by atoms with Crippen LogP contribution in [-0.4, -0.2) is 18.0 Å². The fourth-order valence-electron chi connectivity index (χ4n) is 2.26. The molecular formula is C14H20FNS. The average molecular weight is 253 g/mol. The van der Waals surface area contributed by atoms with Gasteiger partial charge in [-0.15, -0.1) is 11.8 Å². The zero-order valence-corrected chi connectivity index (χ0v) is 10.9. The molecule has 1 aliphatic carbocycles. The van der Waals surface area contributed by atoms with Gasteiger partial charge in [-0.3, -0.25) is 0 Å². The van der Waals surface area contributed by atoms with E-state index in [1.807, 2.05) is 11.8 Å². The first-order chi connectivity index (χ1) is 8.28. The Morgan fingerprint density at radius 1 is 1.24 bits per heavy atom. The van der Waals surface area contributed by atoms with Crippen LogP contribution in [0, 0.1) is 0 Å². The number of rotatable bonds is 5. The van der Waals surface area contributed by atoms with Crippen LogP contribution in [-0.2, 0) is 6.42 Å². The zero-order valence-electron chi connectivity index (χ0n) is 10.1. The molecule has 17 heavy (non-hydrogen) atoms. The minimum Gasteiger partial charge on any atom is -0.325 e. The molecule has 1 aromatic rings. The summed E-state index contributed by atoms with van der Waals surface area (Å²) in [4.78, 5) is 1.33. The first-order valence-electron chi connectivity index (χ1n) is 6.35. The molecule has 1 aliphatic rings. The first-order valence-corrected chi connectivity index (χ1v) is 7.23. The van der Waals surface area contributed by atoms with Crippen molar-refractivity contribution in [3.05, 3.63) is 29.8 Å². The van der Waals surface area contributed by atoms with Crippen LogP contribution in [0.15, 0.2) is 29.2 Å². The van der Waals surface area contributed by atoms with E-state index in [9.17, 15) is 4.39 Å². The fraction of sp³-hybridized carbons (Fsp3) is 0.571. The van der Waals surface area contributed by atoms with Gasteiger partial charge in [-0.25, -0.2) is 4.39 Å². The molecule has 0 saturated heterocycles. The Morgan fingerprint density at radius 2 is 1.88 bits per heavy atom. The van der Waals surface area contributed by atoms with Crippen LogP contribution >= 0.6 is 11.8 Å². The highest BCUT2D eigenvalue weighted by atomic mass is 32.2. The average Bonchev–Trinajstić information content (AvgIpc) is 2.84. The molecule has 0 amide bonds. The quantitative estimate of drug-likeness (QED) is 0.868. The Balaban J connectivity index is 1.88. The van der Waals surface area contributed by atoms with Crippen molar-refractivity contribution in [2.45, 2.75) is 48.3 Å². The van der Waals surface area contributed by atoms with E-state index < -0.39 is 6.67 Å².